The Morgan fingerprint density at radius 3 is 2.38 bits per heavy atom. The molecule has 0 radical (unpaired) electrons. The molecule has 2 atom stereocenters. The number of hydrogen-bond acceptors (Lipinski definition) is 2. The first kappa shape index (κ1) is 16.4. The first-order chi connectivity index (χ1) is 9.85. The van der Waals surface area contributed by atoms with Crippen molar-refractivity contribution in [3.63, 3.8) is 0 Å². The molecule has 1 N–H and O–H groups in total. The van der Waals surface area contributed by atoms with E-state index in [2.05, 4.69) is 20.8 Å². The van der Waals surface area contributed by atoms with E-state index in [1.807, 2.05) is 31.2 Å². The van der Waals surface area contributed by atoms with Gasteiger partial charge in [0.05, 0.1) is 12.2 Å². The molecule has 0 amide bonds. The molecular weight excluding hydrogens is 260 g/mol. The third kappa shape index (κ3) is 4.00. The van der Waals surface area contributed by atoms with Gasteiger partial charge in [0.2, 0.25) is 0 Å². The summed E-state index contributed by atoms with van der Waals surface area (Å²) in [6, 6.07) is 8.01. The van der Waals surface area contributed by atoms with Gasteiger partial charge in [0.15, 0.2) is 0 Å². The van der Waals surface area contributed by atoms with Crippen molar-refractivity contribution >= 4 is 0 Å². The number of aliphatic hydroxyl groups is 1. The van der Waals surface area contributed by atoms with E-state index >= 15 is 0 Å². The second-order valence-electron chi connectivity index (χ2n) is 7.48. The Hall–Kier alpha value is -1.02. The highest BCUT2D eigenvalue weighted by Gasteiger charge is 2.35. The summed E-state index contributed by atoms with van der Waals surface area (Å²) in [4.78, 5) is 0. The van der Waals surface area contributed by atoms with E-state index in [9.17, 15) is 5.11 Å². The molecule has 1 aromatic carbocycles. The fourth-order valence-corrected chi connectivity index (χ4v) is 3.51. The Balaban J connectivity index is 2.11. The SMILES string of the molecule is CCOc1ccc(C2(O)CCCC(C(C)(C)C)CC2)cc1. The van der Waals surface area contributed by atoms with Gasteiger partial charge in [-0.2, -0.15) is 0 Å². The first-order valence-electron chi connectivity index (χ1n) is 8.31. The van der Waals surface area contributed by atoms with Crippen molar-refractivity contribution in [3.05, 3.63) is 29.8 Å². The molecule has 2 rings (SSSR count). The standard InChI is InChI=1S/C19H30O2/c1-5-21-17-10-8-16(9-11-17)19(20)13-6-7-15(12-14-19)18(2,3)4/h8-11,15,20H,5-7,12-14H2,1-4H3. The van der Waals surface area contributed by atoms with Gasteiger partial charge in [-0.1, -0.05) is 32.9 Å². The molecule has 0 aromatic heterocycles. The Morgan fingerprint density at radius 1 is 1.14 bits per heavy atom. The molecule has 2 nitrogen and oxygen atoms in total. The molecule has 0 bridgehead atoms. The quantitative estimate of drug-likeness (QED) is 0.802. The van der Waals surface area contributed by atoms with Crippen LogP contribution in [-0.2, 0) is 5.60 Å². The van der Waals surface area contributed by atoms with E-state index in [0.717, 1.165) is 37.0 Å². The normalized spacial score (nSPS) is 27.2. The number of rotatable bonds is 3. The molecule has 1 aliphatic rings. The summed E-state index contributed by atoms with van der Waals surface area (Å²) in [5, 5.41) is 11.1. The highest BCUT2D eigenvalue weighted by atomic mass is 16.5. The summed E-state index contributed by atoms with van der Waals surface area (Å²) in [5.74, 6) is 1.58. The van der Waals surface area contributed by atoms with Crippen molar-refractivity contribution < 1.29 is 9.84 Å². The minimum absolute atomic E-state index is 0.337. The molecule has 1 fully saturated rings. The van der Waals surface area contributed by atoms with Gasteiger partial charge in [-0.3, -0.25) is 0 Å². The third-order valence-electron chi connectivity index (χ3n) is 4.98. The number of ether oxygens (including phenoxy) is 1. The molecule has 21 heavy (non-hydrogen) atoms. The lowest BCUT2D eigenvalue weighted by molar-refractivity contribution is 0.0179. The molecular formula is C19H30O2. The van der Waals surface area contributed by atoms with E-state index in [-0.39, 0.29) is 0 Å². The minimum atomic E-state index is -0.662. The van der Waals surface area contributed by atoms with E-state index in [1.165, 1.54) is 6.42 Å². The Bertz CT molecular complexity index is 444. The van der Waals surface area contributed by atoms with Crippen LogP contribution in [0.1, 0.15) is 65.4 Å². The molecule has 2 unspecified atom stereocenters. The van der Waals surface area contributed by atoms with E-state index in [1.54, 1.807) is 0 Å². The summed E-state index contributed by atoms with van der Waals surface area (Å²) in [5.41, 5.74) is 0.718. The summed E-state index contributed by atoms with van der Waals surface area (Å²) < 4.78 is 5.49. The summed E-state index contributed by atoms with van der Waals surface area (Å²) >= 11 is 0. The van der Waals surface area contributed by atoms with E-state index < -0.39 is 5.60 Å². The summed E-state index contributed by atoms with van der Waals surface area (Å²) in [6.45, 7) is 9.62. The zero-order chi connectivity index (χ0) is 15.5. The topological polar surface area (TPSA) is 29.5 Å². The van der Waals surface area contributed by atoms with Crippen LogP contribution in [0.5, 0.6) is 5.75 Å². The van der Waals surface area contributed by atoms with Crippen molar-refractivity contribution in [1.29, 1.82) is 0 Å². The maximum Gasteiger partial charge on any atom is 0.119 e. The van der Waals surface area contributed by atoms with Crippen molar-refractivity contribution in [2.24, 2.45) is 11.3 Å². The van der Waals surface area contributed by atoms with Crippen LogP contribution in [0.4, 0.5) is 0 Å². The van der Waals surface area contributed by atoms with Gasteiger partial charge >= 0.3 is 0 Å². The smallest absolute Gasteiger partial charge is 0.119 e. The van der Waals surface area contributed by atoms with Crippen molar-refractivity contribution in [3.8, 4) is 5.75 Å². The Kier molecular flexibility index (Phi) is 4.98. The van der Waals surface area contributed by atoms with Crippen LogP contribution in [0.3, 0.4) is 0 Å². The highest BCUT2D eigenvalue weighted by Crippen LogP contribution is 2.43. The van der Waals surface area contributed by atoms with Gasteiger partial charge in [0.1, 0.15) is 5.75 Å². The van der Waals surface area contributed by atoms with Crippen molar-refractivity contribution in [2.45, 2.75) is 65.4 Å². The lowest BCUT2D eigenvalue weighted by Gasteiger charge is -2.31. The largest absolute Gasteiger partial charge is 0.494 e. The van der Waals surface area contributed by atoms with Crippen LogP contribution in [0, 0.1) is 11.3 Å². The lowest BCUT2D eigenvalue weighted by atomic mass is 9.76. The van der Waals surface area contributed by atoms with Gasteiger partial charge in [-0.25, -0.2) is 0 Å². The number of hydrogen-bond donors (Lipinski definition) is 1. The van der Waals surface area contributed by atoms with Gasteiger partial charge in [-0.15, -0.1) is 0 Å². The zero-order valence-corrected chi connectivity index (χ0v) is 14.0. The lowest BCUT2D eigenvalue weighted by Crippen LogP contribution is -2.25. The molecule has 0 saturated heterocycles. The highest BCUT2D eigenvalue weighted by molar-refractivity contribution is 5.31. The molecule has 1 aromatic rings. The van der Waals surface area contributed by atoms with Crippen molar-refractivity contribution in [1.82, 2.24) is 0 Å². The van der Waals surface area contributed by atoms with Gasteiger partial charge in [-0.05, 0) is 68.1 Å². The molecule has 0 aliphatic heterocycles. The predicted molar refractivity (Wildman–Crippen MR) is 87.5 cm³/mol. The fourth-order valence-electron chi connectivity index (χ4n) is 3.51. The molecule has 1 saturated carbocycles. The van der Waals surface area contributed by atoms with Gasteiger partial charge in [0.25, 0.3) is 0 Å². The van der Waals surface area contributed by atoms with Crippen LogP contribution < -0.4 is 4.74 Å². The second kappa shape index (κ2) is 6.39. The maximum absolute atomic E-state index is 11.1. The molecule has 0 heterocycles. The average molecular weight is 290 g/mol. The monoisotopic (exact) mass is 290 g/mol. The molecule has 118 valence electrons. The maximum atomic E-state index is 11.1. The number of benzene rings is 1. The predicted octanol–water partition coefficient (Wildman–Crippen LogP) is 4.90. The molecule has 2 heteroatoms. The van der Waals surface area contributed by atoms with Gasteiger partial charge in [0, 0.05) is 0 Å². The van der Waals surface area contributed by atoms with E-state index in [0.29, 0.717) is 17.9 Å². The van der Waals surface area contributed by atoms with Crippen LogP contribution in [0.2, 0.25) is 0 Å². The van der Waals surface area contributed by atoms with Crippen LogP contribution in [0.15, 0.2) is 24.3 Å². The van der Waals surface area contributed by atoms with E-state index in [4.69, 9.17) is 4.74 Å². The third-order valence-corrected chi connectivity index (χ3v) is 4.98. The summed E-state index contributed by atoms with van der Waals surface area (Å²) in [6.07, 6.45) is 5.16. The Morgan fingerprint density at radius 2 is 1.81 bits per heavy atom. The molecule has 0 spiro atoms. The average Bonchev–Trinajstić information content (AvgIpc) is 2.62. The first-order valence-corrected chi connectivity index (χ1v) is 8.31. The van der Waals surface area contributed by atoms with Crippen LogP contribution in [0.25, 0.3) is 0 Å². The van der Waals surface area contributed by atoms with Crippen LogP contribution >= 0.6 is 0 Å². The summed E-state index contributed by atoms with van der Waals surface area (Å²) in [7, 11) is 0. The van der Waals surface area contributed by atoms with Crippen LogP contribution in [-0.4, -0.2) is 11.7 Å². The second-order valence-corrected chi connectivity index (χ2v) is 7.48. The van der Waals surface area contributed by atoms with Crippen molar-refractivity contribution in [2.75, 3.05) is 6.61 Å². The minimum Gasteiger partial charge on any atom is -0.494 e. The zero-order valence-electron chi connectivity index (χ0n) is 14.0. The van der Waals surface area contributed by atoms with Gasteiger partial charge < -0.3 is 9.84 Å². The Labute approximate surface area is 129 Å². The molecule has 1 aliphatic carbocycles. The fraction of sp³-hybridized carbons (Fsp3) is 0.684.